The number of ketones is 1. The van der Waals surface area contributed by atoms with E-state index in [2.05, 4.69) is 5.32 Å². The quantitative estimate of drug-likeness (QED) is 0.642. The molecule has 0 aliphatic carbocycles. The van der Waals surface area contributed by atoms with Crippen LogP contribution in [0.1, 0.15) is 21.5 Å². The molecule has 1 aromatic rings. The maximum atomic E-state index is 11.2. The number of hydrogen-bond donors (Lipinski definition) is 1. The summed E-state index contributed by atoms with van der Waals surface area (Å²) >= 11 is 6.76. The molecule has 0 saturated heterocycles. The maximum Gasteiger partial charge on any atom is 0.221 e. The van der Waals surface area contributed by atoms with Crippen LogP contribution < -0.4 is 5.32 Å². The SMILES string of the molecule is CC(=O)Nc1cc(C(=O)CCl)sc1C. The van der Waals surface area contributed by atoms with Gasteiger partial charge in [-0.25, -0.2) is 0 Å². The minimum Gasteiger partial charge on any atom is -0.325 e. The molecule has 0 bridgehead atoms. The van der Waals surface area contributed by atoms with Gasteiger partial charge in [-0.1, -0.05) is 0 Å². The van der Waals surface area contributed by atoms with Crippen molar-refractivity contribution in [3.8, 4) is 0 Å². The Bertz CT molecular complexity index is 373. The molecular formula is C9H10ClNO2S. The molecule has 0 radical (unpaired) electrons. The summed E-state index contributed by atoms with van der Waals surface area (Å²) in [6.45, 7) is 3.28. The van der Waals surface area contributed by atoms with Crippen LogP contribution in [0.2, 0.25) is 0 Å². The molecule has 1 amide bonds. The van der Waals surface area contributed by atoms with Gasteiger partial charge in [0.1, 0.15) is 0 Å². The number of anilines is 1. The van der Waals surface area contributed by atoms with Gasteiger partial charge in [0.05, 0.1) is 16.4 Å². The van der Waals surface area contributed by atoms with Crippen LogP contribution in [0.3, 0.4) is 0 Å². The summed E-state index contributed by atoms with van der Waals surface area (Å²) in [5.41, 5.74) is 0.691. The van der Waals surface area contributed by atoms with E-state index >= 15 is 0 Å². The molecule has 0 aliphatic heterocycles. The highest BCUT2D eigenvalue weighted by Crippen LogP contribution is 2.26. The number of alkyl halides is 1. The topological polar surface area (TPSA) is 46.2 Å². The Morgan fingerprint density at radius 2 is 2.21 bits per heavy atom. The fourth-order valence-corrected chi connectivity index (χ4v) is 2.13. The second kappa shape index (κ2) is 4.57. The zero-order chi connectivity index (χ0) is 10.7. The first kappa shape index (κ1) is 11.2. The average Bonchev–Trinajstić information content (AvgIpc) is 2.46. The number of halogens is 1. The van der Waals surface area contributed by atoms with Crippen molar-refractivity contribution in [2.24, 2.45) is 0 Å². The predicted molar refractivity (Wildman–Crippen MR) is 58.4 cm³/mol. The van der Waals surface area contributed by atoms with Crippen LogP contribution in [0.5, 0.6) is 0 Å². The van der Waals surface area contributed by atoms with Gasteiger partial charge in [0.25, 0.3) is 0 Å². The summed E-state index contributed by atoms with van der Waals surface area (Å²) in [7, 11) is 0. The fraction of sp³-hybridized carbons (Fsp3) is 0.333. The summed E-state index contributed by atoms with van der Waals surface area (Å²) in [4.78, 5) is 23.5. The molecule has 5 heteroatoms. The number of Topliss-reactive ketones (excluding diaryl/α,β-unsaturated/α-hetero) is 1. The lowest BCUT2D eigenvalue weighted by atomic mass is 10.3. The molecule has 14 heavy (non-hydrogen) atoms. The van der Waals surface area contributed by atoms with E-state index in [4.69, 9.17) is 11.6 Å². The molecule has 76 valence electrons. The lowest BCUT2D eigenvalue weighted by Gasteiger charge is -1.97. The third-order valence-electron chi connectivity index (χ3n) is 1.62. The summed E-state index contributed by atoms with van der Waals surface area (Å²) in [6, 6.07) is 1.66. The predicted octanol–water partition coefficient (Wildman–Crippen LogP) is 2.44. The van der Waals surface area contributed by atoms with Crippen LogP contribution in [0.4, 0.5) is 5.69 Å². The van der Waals surface area contributed by atoms with Crippen molar-refractivity contribution < 1.29 is 9.59 Å². The number of aryl methyl sites for hydroxylation is 1. The smallest absolute Gasteiger partial charge is 0.221 e. The first-order chi connectivity index (χ1) is 6.54. The number of carbonyl (C=O) groups is 2. The van der Waals surface area contributed by atoms with Crippen molar-refractivity contribution in [3.05, 3.63) is 15.8 Å². The third kappa shape index (κ3) is 2.56. The van der Waals surface area contributed by atoms with Gasteiger partial charge in [-0.05, 0) is 13.0 Å². The Labute approximate surface area is 91.1 Å². The summed E-state index contributed by atoms with van der Waals surface area (Å²) in [6.07, 6.45) is 0. The minimum atomic E-state index is -0.143. The van der Waals surface area contributed by atoms with Crippen LogP contribution in [0, 0.1) is 6.92 Å². The highest BCUT2D eigenvalue weighted by atomic mass is 35.5. The van der Waals surface area contributed by atoms with Crippen LogP contribution in [0.15, 0.2) is 6.07 Å². The van der Waals surface area contributed by atoms with Gasteiger partial charge in [-0.3, -0.25) is 9.59 Å². The molecule has 1 aromatic heterocycles. The van der Waals surface area contributed by atoms with E-state index in [1.165, 1.54) is 18.3 Å². The number of nitrogens with one attached hydrogen (secondary N) is 1. The molecule has 0 fully saturated rings. The van der Waals surface area contributed by atoms with Gasteiger partial charge in [-0.2, -0.15) is 0 Å². The van der Waals surface area contributed by atoms with Crippen molar-refractivity contribution in [1.29, 1.82) is 0 Å². The molecule has 0 aromatic carbocycles. The summed E-state index contributed by atoms with van der Waals surface area (Å²) in [5, 5.41) is 2.65. The van der Waals surface area contributed by atoms with E-state index in [1.807, 2.05) is 6.92 Å². The minimum absolute atomic E-state index is 0.0283. The molecule has 0 unspecified atom stereocenters. The Kier molecular flexibility index (Phi) is 3.66. The van der Waals surface area contributed by atoms with E-state index in [0.717, 1.165) is 4.88 Å². The number of hydrogen-bond acceptors (Lipinski definition) is 3. The Hall–Kier alpha value is -0.870. The van der Waals surface area contributed by atoms with Crippen molar-refractivity contribution in [2.45, 2.75) is 13.8 Å². The Morgan fingerprint density at radius 1 is 1.57 bits per heavy atom. The number of carbonyl (C=O) groups excluding carboxylic acids is 2. The largest absolute Gasteiger partial charge is 0.325 e. The highest BCUT2D eigenvalue weighted by Gasteiger charge is 2.11. The number of rotatable bonds is 3. The van der Waals surface area contributed by atoms with Gasteiger partial charge in [-0.15, -0.1) is 22.9 Å². The lowest BCUT2D eigenvalue weighted by molar-refractivity contribution is -0.114. The first-order valence-electron chi connectivity index (χ1n) is 4.01. The van der Waals surface area contributed by atoms with E-state index in [1.54, 1.807) is 6.07 Å². The third-order valence-corrected chi connectivity index (χ3v) is 2.96. The van der Waals surface area contributed by atoms with E-state index in [-0.39, 0.29) is 17.6 Å². The molecule has 3 nitrogen and oxygen atoms in total. The van der Waals surface area contributed by atoms with E-state index in [0.29, 0.717) is 10.6 Å². The van der Waals surface area contributed by atoms with E-state index in [9.17, 15) is 9.59 Å². The Morgan fingerprint density at radius 3 is 2.71 bits per heavy atom. The maximum absolute atomic E-state index is 11.2. The molecule has 0 spiro atoms. The molecule has 0 aliphatic rings. The number of amides is 1. The van der Waals surface area contributed by atoms with Crippen LogP contribution in [0.25, 0.3) is 0 Å². The van der Waals surface area contributed by atoms with Gasteiger partial charge < -0.3 is 5.32 Å². The molecule has 1 N–H and O–H groups in total. The van der Waals surface area contributed by atoms with Gasteiger partial charge >= 0.3 is 0 Å². The lowest BCUT2D eigenvalue weighted by Crippen LogP contribution is -2.05. The second-order valence-corrected chi connectivity index (χ2v) is 4.34. The van der Waals surface area contributed by atoms with Gasteiger partial charge in [0, 0.05) is 11.8 Å². The van der Waals surface area contributed by atoms with Crippen LogP contribution in [-0.4, -0.2) is 17.6 Å². The van der Waals surface area contributed by atoms with Crippen molar-refractivity contribution in [1.82, 2.24) is 0 Å². The molecule has 0 saturated carbocycles. The monoisotopic (exact) mass is 231 g/mol. The van der Waals surface area contributed by atoms with Crippen molar-refractivity contribution >= 4 is 40.3 Å². The van der Waals surface area contributed by atoms with Gasteiger partial charge in [0.15, 0.2) is 5.78 Å². The first-order valence-corrected chi connectivity index (χ1v) is 5.37. The summed E-state index contributed by atoms with van der Waals surface area (Å²) in [5.74, 6) is -0.286. The normalized spacial score (nSPS) is 9.93. The van der Waals surface area contributed by atoms with E-state index < -0.39 is 0 Å². The Balaban J connectivity index is 2.93. The van der Waals surface area contributed by atoms with Gasteiger partial charge in [0.2, 0.25) is 5.91 Å². The molecule has 0 atom stereocenters. The number of thiophene rings is 1. The fourth-order valence-electron chi connectivity index (χ4n) is 0.999. The van der Waals surface area contributed by atoms with Crippen LogP contribution >= 0.6 is 22.9 Å². The highest BCUT2D eigenvalue weighted by molar-refractivity contribution is 7.14. The molecule has 1 rings (SSSR count). The zero-order valence-electron chi connectivity index (χ0n) is 7.89. The second-order valence-electron chi connectivity index (χ2n) is 2.82. The molecule has 1 heterocycles. The van der Waals surface area contributed by atoms with Crippen molar-refractivity contribution in [2.75, 3.05) is 11.2 Å². The summed E-state index contributed by atoms with van der Waals surface area (Å²) < 4.78 is 0. The van der Waals surface area contributed by atoms with Crippen LogP contribution in [-0.2, 0) is 4.79 Å². The standard InChI is InChI=1S/C9H10ClNO2S/c1-5-7(11-6(2)12)3-9(14-5)8(13)4-10/h3H,4H2,1-2H3,(H,11,12). The molecular weight excluding hydrogens is 222 g/mol. The average molecular weight is 232 g/mol. The van der Waals surface area contributed by atoms with Crippen molar-refractivity contribution in [3.63, 3.8) is 0 Å². The zero-order valence-corrected chi connectivity index (χ0v) is 9.46.